The molecule has 88 valence electrons. The molecule has 17 heavy (non-hydrogen) atoms. The number of benzene rings is 1. The van der Waals surface area contributed by atoms with E-state index in [2.05, 4.69) is 10.4 Å². The maximum absolute atomic E-state index is 11.6. The third kappa shape index (κ3) is 3.45. The van der Waals surface area contributed by atoms with E-state index in [9.17, 15) is 4.79 Å². The van der Waals surface area contributed by atoms with E-state index in [0.717, 1.165) is 11.3 Å². The van der Waals surface area contributed by atoms with Gasteiger partial charge >= 0.3 is 0 Å². The zero-order valence-corrected chi connectivity index (χ0v) is 9.76. The highest BCUT2D eigenvalue weighted by atomic mass is 16.1. The van der Waals surface area contributed by atoms with Crippen LogP contribution in [0.5, 0.6) is 0 Å². The lowest BCUT2D eigenvalue weighted by Gasteiger charge is -2.03. The summed E-state index contributed by atoms with van der Waals surface area (Å²) in [6.07, 6.45) is 2.27. The first-order chi connectivity index (χ1) is 8.24. The molecule has 0 saturated carbocycles. The molecule has 1 N–H and O–H groups in total. The number of aromatic nitrogens is 2. The second kappa shape index (κ2) is 5.30. The van der Waals surface area contributed by atoms with Gasteiger partial charge in [0.1, 0.15) is 0 Å². The molecule has 0 bridgehead atoms. The Kier molecular flexibility index (Phi) is 3.55. The van der Waals surface area contributed by atoms with Crippen LogP contribution >= 0.6 is 0 Å². The molecule has 0 atom stereocenters. The Balaban J connectivity index is 1.82. The van der Waals surface area contributed by atoms with Gasteiger partial charge in [-0.3, -0.25) is 9.48 Å². The Bertz CT molecular complexity index is 490. The summed E-state index contributed by atoms with van der Waals surface area (Å²) in [5.41, 5.74) is 1.89. The summed E-state index contributed by atoms with van der Waals surface area (Å²) in [6, 6.07) is 11.6. The Morgan fingerprint density at radius 3 is 2.71 bits per heavy atom. The molecular formula is C13H15N3O. The first-order valence-corrected chi connectivity index (χ1v) is 5.53. The summed E-state index contributed by atoms with van der Waals surface area (Å²) < 4.78 is 1.72. The highest BCUT2D eigenvalue weighted by Gasteiger charge is 2.03. The van der Waals surface area contributed by atoms with Crippen LogP contribution in [0.2, 0.25) is 0 Å². The van der Waals surface area contributed by atoms with Gasteiger partial charge in [-0.05, 0) is 11.6 Å². The summed E-state index contributed by atoms with van der Waals surface area (Å²) in [5.74, 6) is 0.0156. The number of rotatable bonds is 4. The molecule has 0 radical (unpaired) electrons. The van der Waals surface area contributed by atoms with E-state index < -0.39 is 0 Å². The molecule has 0 saturated heterocycles. The van der Waals surface area contributed by atoms with Crippen LogP contribution in [0.15, 0.2) is 42.6 Å². The van der Waals surface area contributed by atoms with Crippen molar-refractivity contribution in [2.75, 3.05) is 0 Å². The predicted octanol–water partition coefficient (Wildman–Crippen LogP) is 1.28. The highest BCUT2D eigenvalue weighted by molar-refractivity contribution is 5.78. The molecule has 0 spiro atoms. The van der Waals surface area contributed by atoms with Gasteiger partial charge in [0.25, 0.3) is 0 Å². The van der Waals surface area contributed by atoms with Crippen LogP contribution in [0, 0.1) is 0 Å². The summed E-state index contributed by atoms with van der Waals surface area (Å²) in [4.78, 5) is 11.6. The molecule has 4 nitrogen and oxygen atoms in total. The SMILES string of the molecule is Cn1ccc(CNC(=O)Cc2ccccc2)n1. The van der Waals surface area contributed by atoms with E-state index in [1.807, 2.05) is 49.6 Å². The fourth-order valence-corrected chi connectivity index (χ4v) is 1.59. The van der Waals surface area contributed by atoms with Gasteiger partial charge in [-0.2, -0.15) is 5.10 Å². The highest BCUT2D eigenvalue weighted by Crippen LogP contribution is 2.00. The molecule has 0 aliphatic rings. The van der Waals surface area contributed by atoms with E-state index in [4.69, 9.17) is 0 Å². The van der Waals surface area contributed by atoms with Gasteiger partial charge in [0.15, 0.2) is 0 Å². The van der Waals surface area contributed by atoms with Gasteiger partial charge in [0.2, 0.25) is 5.91 Å². The van der Waals surface area contributed by atoms with Crippen LogP contribution in [0.3, 0.4) is 0 Å². The van der Waals surface area contributed by atoms with Crippen molar-refractivity contribution in [3.8, 4) is 0 Å². The van der Waals surface area contributed by atoms with E-state index >= 15 is 0 Å². The van der Waals surface area contributed by atoms with Crippen LogP contribution < -0.4 is 5.32 Å². The van der Waals surface area contributed by atoms with Crippen LogP contribution in [0.25, 0.3) is 0 Å². The first kappa shape index (κ1) is 11.4. The Hall–Kier alpha value is -2.10. The molecule has 0 fully saturated rings. The van der Waals surface area contributed by atoms with Gasteiger partial charge in [0, 0.05) is 13.2 Å². The molecule has 1 heterocycles. The summed E-state index contributed by atoms with van der Waals surface area (Å²) in [5, 5.41) is 7.04. The summed E-state index contributed by atoms with van der Waals surface area (Å²) in [6.45, 7) is 0.479. The number of amides is 1. The van der Waals surface area contributed by atoms with Crippen molar-refractivity contribution in [1.29, 1.82) is 0 Å². The minimum atomic E-state index is 0.0156. The normalized spacial score (nSPS) is 10.2. The lowest BCUT2D eigenvalue weighted by atomic mass is 10.1. The number of aryl methyl sites for hydroxylation is 1. The summed E-state index contributed by atoms with van der Waals surface area (Å²) in [7, 11) is 1.86. The van der Waals surface area contributed by atoms with Crippen LogP contribution in [0.1, 0.15) is 11.3 Å². The van der Waals surface area contributed by atoms with Crippen molar-refractivity contribution in [2.24, 2.45) is 7.05 Å². The van der Waals surface area contributed by atoms with Crippen molar-refractivity contribution in [3.05, 3.63) is 53.9 Å². The van der Waals surface area contributed by atoms with Crippen LogP contribution in [-0.2, 0) is 24.8 Å². The monoisotopic (exact) mass is 229 g/mol. The molecular weight excluding hydrogens is 214 g/mol. The molecule has 2 aromatic rings. The molecule has 0 unspecified atom stereocenters. The van der Waals surface area contributed by atoms with Gasteiger partial charge < -0.3 is 5.32 Å². The average Bonchev–Trinajstić information content (AvgIpc) is 2.74. The second-order valence-corrected chi connectivity index (χ2v) is 3.92. The Labute approximate surface area is 100 Å². The maximum atomic E-state index is 11.6. The lowest BCUT2D eigenvalue weighted by molar-refractivity contribution is -0.120. The molecule has 4 heteroatoms. The number of nitrogens with zero attached hydrogens (tertiary/aromatic N) is 2. The van der Waals surface area contributed by atoms with E-state index in [0.29, 0.717) is 13.0 Å². The minimum Gasteiger partial charge on any atom is -0.350 e. The Morgan fingerprint density at radius 1 is 1.29 bits per heavy atom. The smallest absolute Gasteiger partial charge is 0.224 e. The first-order valence-electron chi connectivity index (χ1n) is 5.53. The van der Waals surface area contributed by atoms with Gasteiger partial charge in [-0.15, -0.1) is 0 Å². The van der Waals surface area contributed by atoms with Crippen molar-refractivity contribution in [1.82, 2.24) is 15.1 Å². The van der Waals surface area contributed by atoms with Crippen LogP contribution in [0.4, 0.5) is 0 Å². The molecule has 1 aromatic heterocycles. The van der Waals surface area contributed by atoms with E-state index in [-0.39, 0.29) is 5.91 Å². The molecule has 0 aliphatic carbocycles. The number of hydrogen-bond acceptors (Lipinski definition) is 2. The van der Waals surface area contributed by atoms with Gasteiger partial charge in [-0.25, -0.2) is 0 Å². The number of nitrogens with one attached hydrogen (secondary N) is 1. The third-order valence-corrected chi connectivity index (χ3v) is 2.44. The molecule has 1 amide bonds. The fraction of sp³-hybridized carbons (Fsp3) is 0.231. The minimum absolute atomic E-state index is 0.0156. The maximum Gasteiger partial charge on any atom is 0.224 e. The fourth-order valence-electron chi connectivity index (χ4n) is 1.59. The average molecular weight is 229 g/mol. The number of carbonyl (C=O) groups excluding carboxylic acids is 1. The van der Waals surface area contributed by atoms with E-state index in [1.54, 1.807) is 4.68 Å². The van der Waals surface area contributed by atoms with Crippen molar-refractivity contribution in [3.63, 3.8) is 0 Å². The van der Waals surface area contributed by atoms with E-state index in [1.165, 1.54) is 0 Å². The molecule has 0 aliphatic heterocycles. The van der Waals surface area contributed by atoms with Crippen molar-refractivity contribution in [2.45, 2.75) is 13.0 Å². The lowest BCUT2D eigenvalue weighted by Crippen LogP contribution is -2.24. The number of carbonyl (C=O) groups is 1. The third-order valence-electron chi connectivity index (χ3n) is 2.44. The zero-order chi connectivity index (χ0) is 12.1. The largest absolute Gasteiger partial charge is 0.350 e. The van der Waals surface area contributed by atoms with Crippen LogP contribution in [-0.4, -0.2) is 15.7 Å². The zero-order valence-electron chi connectivity index (χ0n) is 9.76. The number of hydrogen-bond donors (Lipinski definition) is 1. The standard InChI is InChI=1S/C13H15N3O/c1-16-8-7-12(15-16)10-14-13(17)9-11-5-3-2-4-6-11/h2-8H,9-10H2,1H3,(H,14,17). The van der Waals surface area contributed by atoms with Gasteiger partial charge in [-0.1, -0.05) is 30.3 Å². The predicted molar refractivity (Wildman–Crippen MR) is 65.2 cm³/mol. The summed E-state index contributed by atoms with van der Waals surface area (Å²) >= 11 is 0. The topological polar surface area (TPSA) is 46.9 Å². The van der Waals surface area contributed by atoms with Crippen molar-refractivity contribution < 1.29 is 4.79 Å². The second-order valence-electron chi connectivity index (χ2n) is 3.92. The molecule has 2 rings (SSSR count). The Morgan fingerprint density at radius 2 is 2.06 bits per heavy atom. The van der Waals surface area contributed by atoms with Gasteiger partial charge in [0.05, 0.1) is 18.7 Å². The van der Waals surface area contributed by atoms with Crippen molar-refractivity contribution >= 4 is 5.91 Å². The quantitative estimate of drug-likeness (QED) is 0.858. The molecule has 1 aromatic carbocycles.